The predicted octanol–water partition coefficient (Wildman–Crippen LogP) is 2.62. The van der Waals surface area contributed by atoms with Gasteiger partial charge in [-0.25, -0.2) is 0 Å². The van der Waals surface area contributed by atoms with Gasteiger partial charge in [-0.2, -0.15) is 8.42 Å². The Morgan fingerprint density at radius 1 is 0.950 bits per heavy atom. The molecule has 2 aromatic carbocycles. The van der Waals surface area contributed by atoms with Crippen LogP contribution in [0.1, 0.15) is 0 Å². The normalized spacial score (nSPS) is 10.2. The summed E-state index contributed by atoms with van der Waals surface area (Å²) in [6.07, 6.45) is 0. The number of para-hydroxylation sites is 1. The van der Waals surface area contributed by atoms with E-state index in [4.69, 9.17) is 0 Å². The van der Waals surface area contributed by atoms with Crippen LogP contribution in [0.2, 0.25) is 0 Å². The van der Waals surface area contributed by atoms with E-state index in [1.807, 2.05) is 0 Å². The summed E-state index contributed by atoms with van der Waals surface area (Å²) in [5.74, 6) is 0. The van der Waals surface area contributed by atoms with Crippen molar-refractivity contribution in [1.29, 1.82) is 0 Å². The van der Waals surface area contributed by atoms with Gasteiger partial charge < -0.3 is 0 Å². The third-order valence-corrected chi connectivity index (χ3v) is 3.51. The lowest BCUT2D eigenvalue weighted by Gasteiger charge is -1.98. The molecule has 0 aliphatic heterocycles. The minimum Gasteiger partial charge on any atom is -0.270 e. The largest absolute Gasteiger partial charge is 0.296 e. The Kier molecular flexibility index (Phi) is 5.82. The Bertz CT molecular complexity index is 641. The topological polar surface area (TPSA) is 86.5 Å². The molecule has 0 aromatic heterocycles. The number of rotatable bonds is 3. The Labute approximate surface area is 116 Å². The van der Waals surface area contributed by atoms with E-state index in [1.54, 1.807) is 36.4 Å². The Hall–Kier alpha value is -2.25. The van der Waals surface area contributed by atoms with Crippen molar-refractivity contribution in [1.82, 2.24) is 0 Å². The molecule has 6 nitrogen and oxygen atoms in total. The van der Waals surface area contributed by atoms with Gasteiger partial charge in [-0.3, -0.25) is 14.3 Å². The molecule has 0 bridgehead atoms. The molecule has 106 valence electrons. The summed E-state index contributed by atoms with van der Waals surface area (Å²) in [5, 5.41) is 10.0. The molecule has 0 radical (unpaired) electrons. The van der Waals surface area contributed by atoms with Crippen molar-refractivity contribution < 1.29 is 17.5 Å². The van der Waals surface area contributed by atoms with Crippen LogP contribution in [0.5, 0.6) is 0 Å². The number of nitro groups is 1. The number of non-ortho nitro benzene ring substituents is 1. The number of hydrogen-bond acceptors (Lipinski definition) is 5. The number of hydrogen-bond donors (Lipinski definition) is 0. The highest BCUT2D eigenvalue weighted by Gasteiger charge is 2.10. The van der Waals surface area contributed by atoms with Gasteiger partial charge in [0.15, 0.2) is 0 Å². The van der Waals surface area contributed by atoms with Gasteiger partial charge in [-0.1, -0.05) is 36.4 Å². The predicted molar refractivity (Wildman–Crippen MR) is 73.7 cm³/mol. The van der Waals surface area contributed by atoms with E-state index in [1.165, 1.54) is 24.3 Å². The average molecular weight is 295 g/mol. The molecule has 0 heterocycles. The maximum atomic E-state index is 11.0. The smallest absolute Gasteiger partial charge is 0.270 e. The van der Waals surface area contributed by atoms with Gasteiger partial charge in [-0.05, 0) is 12.1 Å². The molecule has 0 saturated carbocycles. The molecule has 20 heavy (non-hydrogen) atoms. The summed E-state index contributed by atoms with van der Waals surface area (Å²) < 4.78 is 26.3. The third kappa shape index (κ3) is 4.79. The molecule has 7 heteroatoms. The summed E-state index contributed by atoms with van der Waals surface area (Å²) in [6, 6.07) is 15.9. The van der Waals surface area contributed by atoms with Gasteiger partial charge in [0.05, 0.1) is 16.9 Å². The van der Waals surface area contributed by atoms with E-state index in [-0.39, 0.29) is 10.6 Å². The average Bonchev–Trinajstić information content (AvgIpc) is 2.49. The molecule has 0 unspecified atom stereocenters. The molecule has 0 aliphatic carbocycles. The van der Waals surface area contributed by atoms with Crippen LogP contribution < -0.4 is 0 Å². The van der Waals surface area contributed by atoms with Gasteiger partial charge in [0.25, 0.3) is 15.8 Å². The molecular weight excluding hydrogens is 282 g/mol. The first-order valence-electron chi connectivity index (χ1n) is 5.52. The second-order valence-corrected chi connectivity index (χ2v) is 5.24. The zero-order valence-electron chi connectivity index (χ0n) is 10.7. The molecule has 0 N–H and O–H groups in total. The van der Waals surface area contributed by atoms with Gasteiger partial charge in [0, 0.05) is 12.1 Å². The summed E-state index contributed by atoms with van der Waals surface area (Å²) in [4.78, 5) is 9.77. The van der Waals surface area contributed by atoms with Gasteiger partial charge >= 0.3 is 0 Å². The number of nitro benzene ring substituents is 1. The first kappa shape index (κ1) is 15.8. The highest BCUT2D eigenvalue weighted by atomic mass is 32.2. The van der Waals surface area contributed by atoms with Crippen LogP contribution in [-0.4, -0.2) is 20.5 Å². The Balaban J connectivity index is 0.000000204. The molecule has 0 saturated heterocycles. The van der Waals surface area contributed by atoms with Crippen molar-refractivity contribution in [2.75, 3.05) is 7.11 Å². The van der Waals surface area contributed by atoms with Crippen molar-refractivity contribution in [2.45, 2.75) is 4.90 Å². The highest BCUT2D eigenvalue weighted by molar-refractivity contribution is 7.86. The lowest BCUT2D eigenvalue weighted by atomic mass is 10.3. The third-order valence-electron chi connectivity index (χ3n) is 2.22. The Morgan fingerprint density at radius 3 is 1.75 bits per heavy atom. The van der Waals surface area contributed by atoms with Crippen molar-refractivity contribution in [3.63, 3.8) is 0 Å². The van der Waals surface area contributed by atoms with Crippen LogP contribution in [0, 0.1) is 10.1 Å². The van der Waals surface area contributed by atoms with E-state index in [2.05, 4.69) is 4.18 Å². The molecule has 2 rings (SSSR count). The fourth-order valence-corrected chi connectivity index (χ4v) is 1.92. The minimum absolute atomic E-state index is 0.137. The summed E-state index contributed by atoms with van der Waals surface area (Å²) in [6.45, 7) is 0. The minimum atomic E-state index is -3.50. The molecule has 0 spiro atoms. The first-order valence-corrected chi connectivity index (χ1v) is 6.93. The van der Waals surface area contributed by atoms with Gasteiger partial charge in [-0.15, -0.1) is 0 Å². The molecule has 0 amide bonds. The van der Waals surface area contributed by atoms with Gasteiger partial charge in [0.2, 0.25) is 0 Å². The standard InChI is InChI=1S/C7H8O3S.C6H5NO2/c1-10-11(8,9)7-5-3-2-4-6-7;8-7(9)6-4-2-1-3-5-6/h2-6H,1H3;1-5H. The van der Waals surface area contributed by atoms with Crippen LogP contribution in [0.25, 0.3) is 0 Å². The lowest BCUT2D eigenvalue weighted by Crippen LogP contribution is -2.01. The maximum absolute atomic E-state index is 11.0. The van der Waals surface area contributed by atoms with E-state index in [0.29, 0.717) is 0 Å². The lowest BCUT2D eigenvalue weighted by molar-refractivity contribution is -0.384. The van der Waals surface area contributed by atoms with Crippen LogP contribution in [0.3, 0.4) is 0 Å². The zero-order valence-corrected chi connectivity index (χ0v) is 11.5. The van der Waals surface area contributed by atoms with E-state index in [9.17, 15) is 18.5 Å². The molecule has 0 atom stereocenters. The monoisotopic (exact) mass is 295 g/mol. The summed E-state index contributed by atoms with van der Waals surface area (Å²) in [7, 11) is -2.36. The quantitative estimate of drug-likeness (QED) is 0.493. The second kappa shape index (κ2) is 7.37. The van der Waals surface area contributed by atoms with Crippen molar-refractivity contribution in [3.8, 4) is 0 Å². The van der Waals surface area contributed by atoms with Crippen molar-refractivity contribution >= 4 is 15.8 Å². The van der Waals surface area contributed by atoms with Crippen LogP contribution >= 0.6 is 0 Å². The van der Waals surface area contributed by atoms with Crippen LogP contribution in [-0.2, 0) is 14.3 Å². The highest BCUT2D eigenvalue weighted by Crippen LogP contribution is 2.09. The van der Waals surface area contributed by atoms with Gasteiger partial charge in [0.1, 0.15) is 0 Å². The zero-order chi connectivity index (χ0) is 15.0. The first-order chi connectivity index (χ1) is 9.47. The fourth-order valence-electron chi connectivity index (χ4n) is 1.23. The molecule has 2 aromatic rings. The summed E-state index contributed by atoms with van der Waals surface area (Å²) >= 11 is 0. The maximum Gasteiger partial charge on any atom is 0.296 e. The SMILES string of the molecule is COS(=O)(=O)c1ccccc1.O=[N+]([O-])c1ccccc1. The summed E-state index contributed by atoms with van der Waals surface area (Å²) in [5.41, 5.74) is 0.137. The fraction of sp³-hybridized carbons (Fsp3) is 0.0769. The van der Waals surface area contributed by atoms with Crippen molar-refractivity contribution in [2.24, 2.45) is 0 Å². The molecule has 0 aliphatic rings. The number of nitrogens with zero attached hydrogens (tertiary/aromatic N) is 1. The molecular formula is C13H13NO5S. The number of benzene rings is 2. The second-order valence-electron chi connectivity index (χ2n) is 3.53. The van der Waals surface area contributed by atoms with E-state index in [0.717, 1.165) is 7.11 Å². The van der Waals surface area contributed by atoms with Crippen molar-refractivity contribution in [3.05, 3.63) is 70.8 Å². The van der Waals surface area contributed by atoms with E-state index >= 15 is 0 Å². The molecule has 0 fully saturated rings. The Morgan fingerprint density at radius 2 is 1.40 bits per heavy atom. The van der Waals surface area contributed by atoms with E-state index < -0.39 is 15.0 Å². The van der Waals surface area contributed by atoms with Crippen LogP contribution in [0.15, 0.2) is 65.6 Å². The van der Waals surface area contributed by atoms with Crippen LogP contribution in [0.4, 0.5) is 5.69 Å².